The molecule has 2 fully saturated rings. The number of likely N-dealkylation sites (tertiary alicyclic amines) is 1. The molecular weight excluding hydrogens is 270 g/mol. The molecule has 5 nitrogen and oxygen atoms in total. The molecule has 3 atom stereocenters. The van der Waals surface area contributed by atoms with Crippen LogP contribution in [0.25, 0.3) is 0 Å². The van der Waals surface area contributed by atoms with Crippen LogP contribution in [0.4, 0.5) is 0 Å². The third kappa shape index (κ3) is 2.60. The number of hydrogen-bond acceptors (Lipinski definition) is 3. The molecule has 1 saturated carbocycles. The van der Waals surface area contributed by atoms with Gasteiger partial charge in [0.1, 0.15) is 11.8 Å². The highest BCUT2D eigenvalue weighted by Crippen LogP contribution is 2.49. The second kappa shape index (κ2) is 5.39. The van der Waals surface area contributed by atoms with Crippen LogP contribution < -0.4 is 4.74 Å². The fourth-order valence-electron chi connectivity index (χ4n) is 3.21. The average molecular weight is 289 g/mol. The maximum absolute atomic E-state index is 12.5. The third-order valence-electron chi connectivity index (χ3n) is 4.45. The molecular formula is C16H19NO4. The van der Waals surface area contributed by atoms with Gasteiger partial charge in [0.15, 0.2) is 0 Å². The van der Waals surface area contributed by atoms with Crippen molar-refractivity contribution < 1.29 is 19.4 Å². The predicted molar refractivity (Wildman–Crippen MR) is 76.2 cm³/mol. The summed E-state index contributed by atoms with van der Waals surface area (Å²) in [6.07, 6.45) is 2.14. The Morgan fingerprint density at radius 1 is 1.38 bits per heavy atom. The Morgan fingerprint density at radius 3 is 2.90 bits per heavy atom. The zero-order valence-electron chi connectivity index (χ0n) is 12.0. The summed E-state index contributed by atoms with van der Waals surface area (Å²) >= 11 is 0. The van der Waals surface area contributed by atoms with Gasteiger partial charge in [-0.1, -0.05) is 12.1 Å². The summed E-state index contributed by atoms with van der Waals surface area (Å²) in [4.78, 5) is 25.2. The van der Waals surface area contributed by atoms with Gasteiger partial charge in [0.2, 0.25) is 5.91 Å². The van der Waals surface area contributed by atoms with Crippen molar-refractivity contribution in [2.45, 2.75) is 31.2 Å². The predicted octanol–water partition coefficient (Wildman–Crippen LogP) is 1.87. The van der Waals surface area contributed by atoms with Crippen LogP contribution >= 0.6 is 0 Å². The number of methoxy groups -OCH3 is 1. The lowest BCUT2D eigenvalue weighted by Gasteiger charge is -2.21. The highest BCUT2D eigenvalue weighted by atomic mass is 16.5. The van der Waals surface area contributed by atoms with Crippen molar-refractivity contribution in [3.8, 4) is 5.75 Å². The zero-order valence-corrected chi connectivity index (χ0v) is 12.0. The van der Waals surface area contributed by atoms with Gasteiger partial charge in [0.05, 0.1) is 7.11 Å². The Morgan fingerprint density at radius 2 is 2.19 bits per heavy atom. The molecule has 112 valence electrons. The maximum Gasteiger partial charge on any atom is 0.326 e. The van der Waals surface area contributed by atoms with E-state index < -0.39 is 12.0 Å². The highest BCUT2D eigenvalue weighted by Gasteiger charge is 2.48. The number of benzene rings is 1. The van der Waals surface area contributed by atoms with Crippen molar-refractivity contribution in [1.29, 1.82) is 0 Å². The Bertz CT molecular complexity index is 571. The monoisotopic (exact) mass is 289 g/mol. The van der Waals surface area contributed by atoms with Crippen LogP contribution in [0.1, 0.15) is 30.7 Å². The quantitative estimate of drug-likeness (QED) is 0.919. The number of carboxylic acids is 1. The minimum atomic E-state index is -0.889. The van der Waals surface area contributed by atoms with Crippen molar-refractivity contribution in [3.05, 3.63) is 29.8 Å². The van der Waals surface area contributed by atoms with Crippen LogP contribution in [0.15, 0.2) is 24.3 Å². The number of amides is 1. The van der Waals surface area contributed by atoms with Gasteiger partial charge in [-0.25, -0.2) is 4.79 Å². The molecule has 1 saturated heterocycles. The van der Waals surface area contributed by atoms with E-state index in [0.717, 1.165) is 24.2 Å². The summed E-state index contributed by atoms with van der Waals surface area (Å²) in [5.41, 5.74) is 1.10. The van der Waals surface area contributed by atoms with Gasteiger partial charge in [-0.05, 0) is 42.9 Å². The standard InChI is InChI=1S/C16H19NO4/c1-21-11-5-2-4-10(8-11)12-9-13(12)15(18)17-7-3-6-14(17)16(19)20/h2,4-5,8,12-14H,3,6-7,9H2,1H3,(H,19,20)/t12?,13?,14-/m1/s1. The lowest BCUT2D eigenvalue weighted by atomic mass is 10.1. The van der Waals surface area contributed by atoms with Gasteiger partial charge >= 0.3 is 5.97 Å². The minimum absolute atomic E-state index is 0.00674. The van der Waals surface area contributed by atoms with Crippen molar-refractivity contribution >= 4 is 11.9 Å². The molecule has 0 radical (unpaired) electrons. The first-order valence-corrected chi connectivity index (χ1v) is 7.29. The van der Waals surface area contributed by atoms with E-state index in [2.05, 4.69) is 0 Å². The number of hydrogen-bond donors (Lipinski definition) is 1. The van der Waals surface area contributed by atoms with Crippen molar-refractivity contribution in [2.75, 3.05) is 13.7 Å². The lowest BCUT2D eigenvalue weighted by Crippen LogP contribution is -2.41. The van der Waals surface area contributed by atoms with Crippen LogP contribution in [0.2, 0.25) is 0 Å². The van der Waals surface area contributed by atoms with Gasteiger partial charge in [-0.15, -0.1) is 0 Å². The van der Waals surface area contributed by atoms with E-state index in [1.54, 1.807) is 12.0 Å². The first-order chi connectivity index (χ1) is 10.1. The summed E-state index contributed by atoms with van der Waals surface area (Å²) in [6, 6.07) is 7.12. The Kier molecular flexibility index (Phi) is 3.57. The summed E-state index contributed by atoms with van der Waals surface area (Å²) in [7, 11) is 1.62. The molecule has 1 aromatic rings. The normalized spacial score (nSPS) is 27.5. The Balaban J connectivity index is 1.69. The number of rotatable bonds is 4. The molecule has 1 aromatic carbocycles. The molecule has 1 heterocycles. The van der Waals surface area contributed by atoms with E-state index in [4.69, 9.17) is 4.74 Å². The molecule has 1 aliphatic heterocycles. The Hall–Kier alpha value is -2.04. The topological polar surface area (TPSA) is 66.8 Å². The average Bonchev–Trinajstić information content (AvgIpc) is 3.14. The molecule has 3 rings (SSSR count). The SMILES string of the molecule is COc1cccc(C2CC2C(=O)N2CCC[C@@H]2C(=O)O)c1. The number of aliphatic carboxylic acids is 1. The minimum Gasteiger partial charge on any atom is -0.497 e. The van der Waals surface area contributed by atoms with Crippen molar-refractivity contribution in [1.82, 2.24) is 4.90 Å². The second-order valence-electron chi connectivity index (χ2n) is 5.75. The number of carboxylic acid groups (broad SMARTS) is 1. The van der Waals surface area contributed by atoms with Crippen LogP contribution in [-0.4, -0.2) is 41.6 Å². The molecule has 0 spiro atoms. The molecule has 5 heteroatoms. The second-order valence-corrected chi connectivity index (χ2v) is 5.75. The number of ether oxygens (including phenoxy) is 1. The fourth-order valence-corrected chi connectivity index (χ4v) is 3.21. The van der Waals surface area contributed by atoms with Crippen LogP contribution in [0.5, 0.6) is 5.75 Å². The summed E-state index contributed by atoms with van der Waals surface area (Å²) in [5.74, 6) is 0.0158. The fraction of sp³-hybridized carbons (Fsp3) is 0.500. The van der Waals surface area contributed by atoms with Gasteiger partial charge < -0.3 is 14.7 Å². The molecule has 1 aliphatic carbocycles. The summed E-state index contributed by atoms with van der Waals surface area (Å²) in [5, 5.41) is 9.18. The molecule has 2 aliphatic rings. The van der Waals surface area contributed by atoms with Crippen LogP contribution in [0.3, 0.4) is 0 Å². The van der Waals surface area contributed by atoms with Crippen LogP contribution in [-0.2, 0) is 9.59 Å². The molecule has 0 aromatic heterocycles. The molecule has 1 N–H and O–H groups in total. The van der Waals surface area contributed by atoms with Crippen molar-refractivity contribution in [3.63, 3.8) is 0 Å². The third-order valence-corrected chi connectivity index (χ3v) is 4.45. The lowest BCUT2D eigenvalue weighted by molar-refractivity contribution is -0.148. The van der Waals surface area contributed by atoms with Gasteiger partial charge in [0.25, 0.3) is 0 Å². The molecule has 21 heavy (non-hydrogen) atoms. The molecule has 2 unspecified atom stereocenters. The zero-order chi connectivity index (χ0) is 15.0. The first kappa shape index (κ1) is 13.9. The largest absolute Gasteiger partial charge is 0.497 e. The van der Waals surface area contributed by atoms with Crippen molar-refractivity contribution in [2.24, 2.45) is 5.92 Å². The van der Waals surface area contributed by atoms with E-state index >= 15 is 0 Å². The maximum atomic E-state index is 12.5. The first-order valence-electron chi connectivity index (χ1n) is 7.29. The van der Waals surface area contributed by atoms with E-state index in [0.29, 0.717) is 13.0 Å². The Labute approximate surface area is 123 Å². The van der Waals surface area contributed by atoms with E-state index in [1.807, 2.05) is 24.3 Å². The van der Waals surface area contributed by atoms with E-state index in [9.17, 15) is 14.7 Å². The summed E-state index contributed by atoms with van der Waals surface area (Å²) < 4.78 is 5.20. The van der Waals surface area contributed by atoms with Crippen LogP contribution in [0, 0.1) is 5.92 Å². The molecule has 1 amide bonds. The van der Waals surface area contributed by atoms with E-state index in [1.165, 1.54) is 0 Å². The van der Waals surface area contributed by atoms with Gasteiger partial charge in [-0.2, -0.15) is 0 Å². The van der Waals surface area contributed by atoms with Gasteiger partial charge in [-0.3, -0.25) is 4.79 Å². The van der Waals surface area contributed by atoms with Gasteiger partial charge in [0, 0.05) is 12.5 Å². The molecule has 0 bridgehead atoms. The number of carbonyl (C=O) groups excluding carboxylic acids is 1. The van der Waals surface area contributed by atoms with E-state index in [-0.39, 0.29) is 17.7 Å². The highest BCUT2D eigenvalue weighted by molar-refractivity contribution is 5.88. The smallest absolute Gasteiger partial charge is 0.326 e. The number of nitrogens with zero attached hydrogens (tertiary/aromatic N) is 1. The summed E-state index contributed by atoms with van der Waals surface area (Å²) in [6.45, 7) is 0.567. The number of carbonyl (C=O) groups is 2.